The van der Waals surface area contributed by atoms with Crippen LogP contribution < -0.4 is 11.1 Å². The Balaban J connectivity index is 1.81. The van der Waals surface area contributed by atoms with Gasteiger partial charge in [-0.2, -0.15) is 0 Å². The largest absolute Gasteiger partial charge is 0.368 e. The summed E-state index contributed by atoms with van der Waals surface area (Å²) in [6, 6.07) is 15.2. The Morgan fingerprint density at radius 3 is 2.69 bits per heavy atom. The van der Waals surface area contributed by atoms with Gasteiger partial charge >= 0.3 is 0 Å². The summed E-state index contributed by atoms with van der Waals surface area (Å²) in [6.45, 7) is 0. The normalized spacial score (nSPS) is 11.9. The summed E-state index contributed by atoms with van der Waals surface area (Å²) in [5.74, 6) is -1.09. The Morgan fingerprint density at radius 2 is 1.92 bits per heavy atom. The van der Waals surface area contributed by atoms with Crippen LogP contribution in [0.4, 0.5) is 0 Å². The van der Waals surface area contributed by atoms with E-state index in [-0.39, 0.29) is 12.1 Å². The van der Waals surface area contributed by atoms with Crippen molar-refractivity contribution in [1.29, 1.82) is 0 Å². The summed E-state index contributed by atoms with van der Waals surface area (Å²) in [4.78, 5) is 28.7. The van der Waals surface area contributed by atoms with E-state index in [2.05, 4.69) is 26.2 Å². The predicted molar refractivity (Wildman–Crippen MR) is 105 cm³/mol. The van der Waals surface area contributed by atoms with Gasteiger partial charge in [-0.05, 0) is 35.9 Å². The molecular weight excluding hydrogens is 418 g/mol. The average Bonchev–Trinajstić information content (AvgIpc) is 2.63. The van der Waals surface area contributed by atoms with Crippen LogP contribution in [0.2, 0.25) is 5.02 Å². The highest BCUT2D eigenvalue weighted by Gasteiger charge is 2.21. The lowest BCUT2D eigenvalue weighted by Crippen LogP contribution is -2.46. The van der Waals surface area contributed by atoms with Gasteiger partial charge < -0.3 is 11.1 Å². The van der Waals surface area contributed by atoms with E-state index in [1.165, 1.54) is 0 Å². The highest BCUT2D eigenvalue weighted by Crippen LogP contribution is 2.22. The summed E-state index contributed by atoms with van der Waals surface area (Å²) in [7, 11) is 0. The lowest BCUT2D eigenvalue weighted by molar-refractivity contribution is -0.119. The minimum absolute atomic E-state index is 0.218. The molecule has 0 spiro atoms. The van der Waals surface area contributed by atoms with Gasteiger partial charge in [0, 0.05) is 21.3 Å². The van der Waals surface area contributed by atoms with Crippen molar-refractivity contribution in [3.63, 3.8) is 0 Å². The van der Waals surface area contributed by atoms with Crippen LogP contribution in [-0.2, 0) is 11.2 Å². The third-order valence-corrected chi connectivity index (χ3v) is 4.92. The van der Waals surface area contributed by atoms with Crippen LogP contribution in [0.5, 0.6) is 0 Å². The first kappa shape index (κ1) is 18.4. The summed E-state index contributed by atoms with van der Waals surface area (Å²) < 4.78 is 0.784. The first-order chi connectivity index (χ1) is 12.4. The SMILES string of the molecule is NC(=O)[C@H](Cc1cc(Cl)ccc1Br)NC(=O)c1ccc2ccccc2n1. The molecule has 2 amide bonds. The number of amides is 2. The van der Waals surface area contributed by atoms with Crippen molar-refractivity contribution in [3.05, 3.63) is 75.4 Å². The molecule has 0 unspecified atom stereocenters. The molecule has 0 bridgehead atoms. The topological polar surface area (TPSA) is 85.1 Å². The van der Waals surface area contributed by atoms with E-state index in [0.717, 1.165) is 15.4 Å². The van der Waals surface area contributed by atoms with Gasteiger partial charge in [0.25, 0.3) is 5.91 Å². The molecule has 0 aliphatic rings. The summed E-state index contributed by atoms with van der Waals surface area (Å²) in [5, 5.41) is 4.12. The molecule has 1 heterocycles. The van der Waals surface area contributed by atoms with Crippen LogP contribution in [0, 0.1) is 0 Å². The van der Waals surface area contributed by atoms with Gasteiger partial charge in [0.05, 0.1) is 5.52 Å². The fraction of sp³-hybridized carbons (Fsp3) is 0.105. The minimum Gasteiger partial charge on any atom is -0.368 e. The number of fused-ring (bicyclic) bond motifs is 1. The van der Waals surface area contributed by atoms with Crippen molar-refractivity contribution < 1.29 is 9.59 Å². The third kappa shape index (κ3) is 4.20. The maximum absolute atomic E-state index is 12.5. The van der Waals surface area contributed by atoms with Crippen LogP contribution in [0.25, 0.3) is 10.9 Å². The number of primary amides is 1. The Kier molecular flexibility index (Phi) is 5.54. The molecule has 1 aromatic heterocycles. The Bertz CT molecular complexity index is 993. The van der Waals surface area contributed by atoms with E-state index < -0.39 is 17.9 Å². The molecule has 0 radical (unpaired) electrons. The first-order valence-electron chi connectivity index (χ1n) is 7.84. The lowest BCUT2D eigenvalue weighted by atomic mass is 10.1. The van der Waals surface area contributed by atoms with Gasteiger partial charge in [-0.25, -0.2) is 4.98 Å². The number of hydrogen-bond acceptors (Lipinski definition) is 3. The zero-order valence-electron chi connectivity index (χ0n) is 13.6. The predicted octanol–water partition coefficient (Wildman–Crippen LogP) is 3.48. The molecule has 3 aromatic rings. The average molecular weight is 433 g/mol. The van der Waals surface area contributed by atoms with E-state index in [4.69, 9.17) is 17.3 Å². The molecule has 1 atom stereocenters. The van der Waals surface area contributed by atoms with Gasteiger partial charge in [-0.1, -0.05) is 51.8 Å². The fourth-order valence-corrected chi connectivity index (χ4v) is 3.17. The number of nitrogens with one attached hydrogen (secondary N) is 1. The number of nitrogens with zero attached hydrogens (tertiary/aromatic N) is 1. The highest BCUT2D eigenvalue weighted by atomic mass is 79.9. The van der Waals surface area contributed by atoms with Gasteiger partial charge in [0.2, 0.25) is 5.91 Å². The van der Waals surface area contributed by atoms with Crippen LogP contribution in [0.1, 0.15) is 16.1 Å². The fourth-order valence-electron chi connectivity index (χ4n) is 2.57. The number of para-hydroxylation sites is 1. The van der Waals surface area contributed by atoms with Crippen molar-refractivity contribution in [1.82, 2.24) is 10.3 Å². The Labute approximate surface area is 163 Å². The monoisotopic (exact) mass is 431 g/mol. The summed E-state index contributed by atoms with van der Waals surface area (Å²) in [5.41, 5.74) is 7.16. The van der Waals surface area contributed by atoms with Crippen LogP contribution in [-0.4, -0.2) is 22.8 Å². The lowest BCUT2D eigenvalue weighted by Gasteiger charge is -2.16. The Hall–Kier alpha value is -2.44. The van der Waals surface area contributed by atoms with Crippen LogP contribution >= 0.6 is 27.5 Å². The summed E-state index contributed by atoms with van der Waals surface area (Å²) in [6.07, 6.45) is 0.218. The van der Waals surface area contributed by atoms with Crippen LogP contribution in [0.15, 0.2) is 59.1 Å². The number of rotatable bonds is 5. The van der Waals surface area contributed by atoms with E-state index in [9.17, 15) is 9.59 Å². The number of benzene rings is 2. The molecule has 0 aliphatic carbocycles. The number of halogens is 2. The molecule has 2 aromatic carbocycles. The van der Waals surface area contributed by atoms with Crippen molar-refractivity contribution >= 4 is 50.2 Å². The van der Waals surface area contributed by atoms with Crippen molar-refractivity contribution in [2.24, 2.45) is 5.73 Å². The molecule has 0 saturated heterocycles. The number of pyridine rings is 1. The highest BCUT2D eigenvalue weighted by molar-refractivity contribution is 9.10. The van der Waals surface area contributed by atoms with Crippen molar-refractivity contribution in [3.8, 4) is 0 Å². The molecule has 132 valence electrons. The molecule has 3 rings (SSSR count). The molecule has 26 heavy (non-hydrogen) atoms. The van der Waals surface area contributed by atoms with Gasteiger partial charge in [0.15, 0.2) is 0 Å². The zero-order valence-corrected chi connectivity index (χ0v) is 15.9. The third-order valence-electron chi connectivity index (χ3n) is 3.91. The number of carbonyl (C=O) groups excluding carboxylic acids is 2. The molecule has 0 aliphatic heterocycles. The number of hydrogen-bond donors (Lipinski definition) is 2. The zero-order chi connectivity index (χ0) is 18.7. The van der Waals surface area contributed by atoms with E-state index in [1.54, 1.807) is 24.3 Å². The molecular formula is C19H15BrClN3O2. The molecule has 5 nitrogen and oxygen atoms in total. The smallest absolute Gasteiger partial charge is 0.270 e. The maximum Gasteiger partial charge on any atom is 0.270 e. The number of nitrogens with two attached hydrogens (primary N) is 1. The second kappa shape index (κ2) is 7.85. The van der Waals surface area contributed by atoms with E-state index >= 15 is 0 Å². The van der Waals surface area contributed by atoms with Crippen LogP contribution in [0.3, 0.4) is 0 Å². The standard InChI is InChI=1S/C19H15BrClN3O2/c20-14-7-6-13(21)9-12(14)10-17(18(22)25)24-19(26)16-8-5-11-3-1-2-4-15(11)23-16/h1-9,17H,10H2,(H2,22,25)(H,24,26)/t17-/m0/s1. The molecule has 0 fully saturated rings. The second-order valence-corrected chi connectivity index (χ2v) is 7.05. The number of aromatic nitrogens is 1. The van der Waals surface area contributed by atoms with Crippen molar-refractivity contribution in [2.75, 3.05) is 0 Å². The first-order valence-corrected chi connectivity index (χ1v) is 9.01. The molecule has 0 saturated carbocycles. The molecule has 3 N–H and O–H groups in total. The maximum atomic E-state index is 12.5. The second-order valence-electron chi connectivity index (χ2n) is 5.76. The van der Waals surface area contributed by atoms with Crippen molar-refractivity contribution in [2.45, 2.75) is 12.5 Å². The van der Waals surface area contributed by atoms with Gasteiger partial charge in [-0.3, -0.25) is 9.59 Å². The summed E-state index contributed by atoms with van der Waals surface area (Å²) >= 11 is 9.41. The van der Waals surface area contributed by atoms with Gasteiger partial charge in [-0.15, -0.1) is 0 Å². The quantitative estimate of drug-likeness (QED) is 0.647. The minimum atomic E-state index is -0.884. The van der Waals surface area contributed by atoms with E-state index in [0.29, 0.717) is 10.5 Å². The van der Waals surface area contributed by atoms with Gasteiger partial charge in [0.1, 0.15) is 11.7 Å². The van der Waals surface area contributed by atoms with E-state index in [1.807, 2.05) is 30.3 Å². The Morgan fingerprint density at radius 1 is 1.15 bits per heavy atom. The number of carbonyl (C=O) groups is 2. The molecule has 7 heteroatoms.